The Morgan fingerprint density at radius 1 is 1.17 bits per heavy atom. The van der Waals surface area contributed by atoms with Gasteiger partial charge in [-0.15, -0.1) is 0 Å². The van der Waals surface area contributed by atoms with E-state index in [4.69, 9.17) is 0 Å². The summed E-state index contributed by atoms with van der Waals surface area (Å²) in [6.07, 6.45) is 1.82. The number of benzene rings is 2. The maximum absolute atomic E-state index is 13.3. The number of carbonyl (C=O) groups is 1. The average molecular weight is 310 g/mol. The van der Waals surface area contributed by atoms with Crippen LogP contribution in [0, 0.1) is 19.7 Å². The fourth-order valence-electron chi connectivity index (χ4n) is 2.72. The van der Waals surface area contributed by atoms with E-state index in [0.717, 1.165) is 27.7 Å². The quantitative estimate of drug-likeness (QED) is 0.754. The van der Waals surface area contributed by atoms with Crippen LogP contribution in [0.2, 0.25) is 0 Å². The number of hydrogen-bond donors (Lipinski definition) is 1. The van der Waals surface area contributed by atoms with Gasteiger partial charge in [0, 0.05) is 22.8 Å². The summed E-state index contributed by atoms with van der Waals surface area (Å²) < 4.78 is 15.1. The summed E-state index contributed by atoms with van der Waals surface area (Å²) in [6, 6.07) is 11.9. The largest absolute Gasteiger partial charge is 0.335 e. The second-order valence-corrected chi connectivity index (χ2v) is 5.84. The Balaban J connectivity index is 1.88. The lowest BCUT2D eigenvalue weighted by Crippen LogP contribution is -2.23. The lowest BCUT2D eigenvalue weighted by molar-refractivity contribution is -0.118. The van der Waals surface area contributed by atoms with Crippen LogP contribution in [0.5, 0.6) is 0 Å². The molecule has 3 aromatic rings. The van der Waals surface area contributed by atoms with Gasteiger partial charge < -0.3 is 9.88 Å². The zero-order valence-electron chi connectivity index (χ0n) is 13.4. The number of halogens is 1. The summed E-state index contributed by atoms with van der Waals surface area (Å²) in [5, 5.41) is 3.77. The zero-order valence-corrected chi connectivity index (χ0v) is 13.4. The molecular formula is C19H19FN2O. The Morgan fingerprint density at radius 2 is 1.96 bits per heavy atom. The van der Waals surface area contributed by atoms with Crippen molar-refractivity contribution in [3.05, 3.63) is 65.6 Å². The Labute approximate surface area is 134 Å². The number of aromatic nitrogens is 1. The van der Waals surface area contributed by atoms with Crippen LogP contribution in [-0.4, -0.2) is 10.5 Å². The first kappa shape index (κ1) is 15.3. The predicted molar refractivity (Wildman–Crippen MR) is 91.2 cm³/mol. The van der Waals surface area contributed by atoms with Gasteiger partial charge in [-0.3, -0.25) is 4.79 Å². The Hall–Kier alpha value is -2.62. The molecule has 1 aromatic heterocycles. The van der Waals surface area contributed by atoms with Crippen molar-refractivity contribution in [2.45, 2.75) is 26.8 Å². The summed E-state index contributed by atoms with van der Waals surface area (Å²) in [5.74, 6) is -0.372. The molecule has 3 nitrogen and oxygen atoms in total. The Morgan fingerprint density at radius 3 is 2.74 bits per heavy atom. The van der Waals surface area contributed by atoms with Gasteiger partial charge in [0.15, 0.2) is 0 Å². The molecule has 1 atom stereocenters. The predicted octanol–water partition coefficient (Wildman–Crippen LogP) is 4.60. The number of nitrogens with zero attached hydrogens (tertiary/aromatic N) is 1. The number of aryl methyl sites for hydroxylation is 1. The summed E-state index contributed by atoms with van der Waals surface area (Å²) in [6.45, 7) is 5.84. The molecule has 4 heteroatoms. The van der Waals surface area contributed by atoms with Crippen LogP contribution in [0.15, 0.2) is 48.7 Å². The van der Waals surface area contributed by atoms with Crippen molar-refractivity contribution in [3.63, 3.8) is 0 Å². The van der Waals surface area contributed by atoms with Gasteiger partial charge in [0.05, 0.1) is 0 Å². The summed E-state index contributed by atoms with van der Waals surface area (Å²) in [5.41, 5.74) is 3.86. The molecule has 0 aliphatic rings. The number of nitrogens with one attached hydrogen (secondary N) is 1. The van der Waals surface area contributed by atoms with E-state index in [1.54, 1.807) is 6.07 Å². The molecule has 1 amide bonds. The van der Waals surface area contributed by atoms with E-state index in [1.165, 1.54) is 12.1 Å². The normalized spacial score (nSPS) is 12.3. The standard InChI is InChI=1S/C19H19FN2O/c1-12-5-4-6-17(13(12)2)21-19(23)14(3)22-10-9-15-11-16(20)7-8-18(15)22/h4-11,14H,1-3H3,(H,21,23). The van der Waals surface area contributed by atoms with Crippen LogP contribution in [0.3, 0.4) is 0 Å². The summed E-state index contributed by atoms with van der Waals surface area (Å²) in [7, 11) is 0. The van der Waals surface area contributed by atoms with Crippen molar-refractivity contribution < 1.29 is 9.18 Å². The monoisotopic (exact) mass is 310 g/mol. The molecule has 0 radical (unpaired) electrons. The maximum Gasteiger partial charge on any atom is 0.247 e. The molecule has 0 saturated carbocycles. The van der Waals surface area contributed by atoms with Crippen molar-refractivity contribution in [2.75, 3.05) is 5.32 Å². The number of hydrogen-bond acceptors (Lipinski definition) is 1. The number of rotatable bonds is 3. The summed E-state index contributed by atoms with van der Waals surface area (Å²) in [4.78, 5) is 12.6. The highest BCUT2D eigenvalue weighted by molar-refractivity contribution is 5.95. The van der Waals surface area contributed by atoms with Crippen LogP contribution in [-0.2, 0) is 4.79 Å². The van der Waals surface area contributed by atoms with E-state index in [2.05, 4.69) is 5.32 Å². The smallest absolute Gasteiger partial charge is 0.247 e. The van der Waals surface area contributed by atoms with E-state index in [-0.39, 0.29) is 11.7 Å². The van der Waals surface area contributed by atoms with Crippen molar-refractivity contribution in [3.8, 4) is 0 Å². The van der Waals surface area contributed by atoms with E-state index in [0.29, 0.717) is 0 Å². The minimum Gasteiger partial charge on any atom is -0.335 e. The van der Waals surface area contributed by atoms with Gasteiger partial charge in [-0.1, -0.05) is 12.1 Å². The van der Waals surface area contributed by atoms with Gasteiger partial charge in [-0.25, -0.2) is 4.39 Å². The van der Waals surface area contributed by atoms with Crippen molar-refractivity contribution in [2.24, 2.45) is 0 Å². The molecule has 1 unspecified atom stereocenters. The Bertz CT molecular complexity index is 882. The van der Waals surface area contributed by atoms with Gasteiger partial charge in [0.25, 0.3) is 0 Å². The lowest BCUT2D eigenvalue weighted by Gasteiger charge is -2.17. The highest BCUT2D eigenvalue weighted by Gasteiger charge is 2.17. The molecule has 118 valence electrons. The first-order valence-electron chi connectivity index (χ1n) is 7.60. The number of anilines is 1. The molecule has 0 bridgehead atoms. The van der Waals surface area contributed by atoms with Crippen molar-refractivity contribution in [1.82, 2.24) is 4.57 Å². The molecule has 0 fully saturated rings. The molecular weight excluding hydrogens is 291 g/mol. The van der Waals surface area contributed by atoms with Crippen LogP contribution < -0.4 is 5.32 Å². The second-order valence-electron chi connectivity index (χ2n) is 5.84. The molecule has 1 heterocycles. The third kappa shape index (κ3) is 2.84. The maximum atomic E-state index is 13.3. The van der Waals surface area contributed by atoms with Crippen LogP contribution in [0.1, 0.15) is 24.1 Å². The lowest BCUT2D eigenvalue weighted by atomic mass is 10.1. The Kier molecular flexibility index (Phi) is 3.90. The molecule has 0 spiro atoms. The fourth-order valence-corrected chi connectivity index (χ4v) is 2.72. The SMILES string of the molecule is Cc1cccc(NC(=O)C(C)n2ccc3cc(F)ccc32)c1C. The van der Waals surface area contributed by atoms with Gasteiger partial charge in [-0.05, 0) is 62.2 Å². The zero-order chi connectivity index (χ0) is 16.6. The second kappa shape index (κ2) is 5.88. The molecule has 1 N–H and O–H groups in total. The fraction of sp³-hybridized carbons (Fsp3) is 0.211. The molecule has 0 saturated heterocycles. The van der Waals surface area contributed by atoms with E-state index < -0.39 is 6.04 Å². The molecule has 3 rings (SSSR count). The van der Waals surface area contributed by atoms with Gasteiger partial charge in [0.1, 0.15) is 11.9 Å². The van der Waals surface area contributed by atoms with Crippen LogP contribution >= 0.6 is 0 Å². The number of fused-ring (bicyclic) bond motifs is 1. The van der Waals surface area contributed by atoms with Crippen molar-refractivity contribution >= 4 is 22.5 Å². The minimum atomic E-state index is -0.391. The molecule has 2 aromatic carbocycles. The van der Waals surface area contributed by atoms with E-state index in [9.17, 15) is 9.18 Å². The third-order valence-corrected chi connectivity index (χ3v) is 4.34. The molecule has 0 aliphatic carbocycles. The first-order valence-corrected chi connectivity index (χ1v) is 7.60. The average Bonchev–Trinajstić information content (AvgIpc) is 2.93. The van der Waals surface area contributed by atoms with Gasteiger partial charge in [-0.2, -0.15) is 0 Å². The highest BCUT2D eigenvalue weighted by atomic mass is 19.1. The van der Waals surface area contributed by atoms with E-state index in [1.807, 2.05) is 55.8 Å². The van der Waals surface area contributed by atoms with Gasteiger partial charge in [0.2, 0.25) is 5.91 Å². The number of carbonyl (C=O) groups excluding carboxylic acids is 1. The van der Waals surface area contributed by atoms with Crippen molar-refractivity contribution in [1.29, 1.82) is 0 Å². The first-order chi connectivity index (χ1) is 11.0. The summed E-state index contributed by atoms with van der Waals surface area (Å²) >= 11 is 0. The molecule has 23 heavy (non-hydrogen) atoms. The highest BCUT2D eigenvalue weighted by Crippen LogP contribution is 2.23. The van der Waals surface area contributed by atoms with Crippen LogP contribution in [0.4, 0.5) is 10.1 Å². The van der Waals surface area contributed by atoms with Gasteiger partial charge >= 0.3 is 0 Å². The minimum absolute atomic E-state index is 0.0967. The third-order valence-electron chi connectivity index (χ3n) is 4.34. The number of amides is 1. The van der Waals surface area contributed by atoms with Crippen LogP contribution in [0.25, 0.3) is 10.9 Å². The topological polar surface area (TPSA) is 34.0 Å². The molecule has 0 aliphatic heterocycles. The van der Waals surface area contributed by atoms with E-state index >= 15 is 0 Å².